The lowest BCUT2D eigenvalue weighted by Crippen LogP contribution is -2.08. The van der Waals surface area contributed by atoms with Crippen molar-refractivity contribution in [2.75, 3.05) is 36.7 Å². The van der Waals surface area contributed by atoms with Crippen molar-refractivity contribution < 1.29 is 4.74 Å². The number of pyridine rings is 1. The molecule has 0 aliphatic heterocycles. The van der Waals surface area contributed by atoms with Crippen LogP contribution in [0.1, 0.15) is 13.3 Å². The zero-order chi connectivity index (χ0) is 15.2. The van der Waals surface area contributed by atoms with E-state index in [1.165, 1.54) is 0 Å². The number of nitrogens with zero attached hydrogens (tertiary/aromatic N) is 2. The smallest absolute Gasteiger partial charge is 0.239 e. The van der Waals surface area contributed by atoms with Gasteiger partial charge in [-0.25, -0.2) is 0 Å². The summed E-state index contributed by atoms with van der Waals surface area (Å²) in [4.78, 5) is 6.46. The highest BCUT2D eigenvalue weighted by Gasteiger charge is 2.05. The Hall–Kier alpha value is -2.43. The van der Waals surface area contributed by atoms with Gasteiger partial charge in [0, 0.05) is 25.5 Å². The van der Waals surface area contributed by atoms with E-state index in [9.17, 15) is 0 Å². The third kappa shape index (κ3) is 4.02. The zero-order valence-electron chi connectivity index (χ0n) is 12.8. The summed E-state index contributed by atoms with van der Waals surface area (Å²) in [5, 5.41) is 3.27. The largest absolute Gasteiger partial charge is 0.476 e. The minimum atomic E-state index is 0.477. The van der Waals surface area contributed by atoms with E-state index >= 15 is 0 Å². The van der Waals surface area contributed by atoms with Crippen LogP contribution in [0.15, 0.2) is 36.4 Å². The monoisotopic (exact) mass is 286 g/mol. The van der Waals surface area contributed by atoms with Gasteiger partial charge in [-0.3, -0.25) is 0 Å². The van der Waals surface area contributed by atoms with Gasteiger partial charge in [-0.1, -0.05) is 13.0 Å². The Kier molecular flexibility index (Phi) is 4.87. The third-order valence-electron chi connectivity index (χ3n) is 2.97. The number of aromatic nitrogens is 1. The predicted octanol–water partition coefficient (Wildman–Crippen LogP) is 3.26. The Bertz CT molecular complexity index is 599. The molecule has 1 aromatic carbocycles. The summed E-state index contributed by atoms with van der Waals surface area (Å²) in [7, 11) is 4.02. The minimum absolute atomic E-state index is 0.477. The molecule has 0 atom stereocenters. The van der Waals surface area contributed by atoms with Gasteiger partial charge in [-0.05, 0) is 36.8 Å². The average molecular weight is 286 g/mol. The average Bonchev–Trinajstić information content (AvgIpc) is 2.48. The summed E-state index contributed by atoms with van der Waals surface area (Å²) in [5.74, 6) is 1.19. The van der Waals surface area contributed by atoms with Gasteiger partial charge >= 0.3 is 0 Å². The van der Waals surface area contributed by atoms with Crippen molar-refractivity contribution in [1.82, 2.24) is 4.98 Å². The van der Waals surface area contributed by atoms with Crippen LogP contribution in [0.2, 0.25) is 0 Å². The van der Waals surface area contributed by atoms with Crippen LogP contribution in [-0.4, -0.2) is 25.7 Å². The fraction of sp³-hybridized carbons (Fsp3) is 0.312. The molecular weight excluding hydrogens is 264 g/mol. The molecule has 0 saturated carbocycles. The Labute approximate surface area is 125 Å². The highest BCUT2D eigenvalue weighted by Crippen LogP contribution is 2.25. The van der Waals surface area contributed by atoms with Crippen molar-refractivity contribution in [2.24, 2.45) is 0 Å². The number of benzene rings is 1. The van der Waals surface area contributed by atoms with Gasteiger partial charge in [0.25, 0.3) is 0 Å². The molecule has 2 aromatic rings. The lowest BCUT2D eigenvalue weighted by molar-refractivity contribution is 0.307. The fourth-order valence-corrected chi connectivity index (χ4v) is 1.84. The summed E-state index contributed by atoms with van der Waals surface area (Å²) in [5.41, 5.74) is 8.51. The van der Waals surface area contributed by atoms with Gasteiger partial charge in [0.2, 0.25) is 5.88 Å². The Balaban J connectivity index is 2.17. The van der Waals surface area contributed by atoms with Gasteiger partial charge in [0.1, 0.15) is 5.82 Å². The Morgan fingerprint density at radius 3 is 2.76 bits per heavy atom. The normalized spacial score (nSPS) is 10.2. The lowest BCUT2D eigenvalue weighted by Gasteiger charge is -2.15. The van der Waals surface area contributed by atoms with Gasteiger partial charge in [0.05, 0.1) is 12.3 Å². The van der Waals surface area contributed by atoms with E-state index in [2.05, 4.69) is 27.3 Å². The maximum atomic E-state index is 5.87. The maximum absolute atomic E-state index is 5.87. The molecule has 0 aliphatic rings. The van der Waals surface area contributed by atoms with Gasteiger partial charge in [-0.15, -0.1) is 0 Å². The topological polar surface area (TPSA) is 63.4 Å². The van der Waals surface area contributed by atoms with E-state index in [0.717, 1.165) is 17.8 Å². The first-order valence-corrected chi connectivity index (χ1v) is 7.04. The van der Waals surface area contributed by atoms with E-state index in [4.69, 9.17) is 10.5 Å². The minimum Gasteiger partial charge on any atom is -0.476 e. The summed E-state index contributed by atoms with van der Waals surface area (Å²) in [6.45, 7) is 2.65. The molecule has 0 spiro atoms. The number of hydrogen-bond donors (Lipinski definition) is 2. The highest BCUT2D eigenvalue weighted by molar-refractivity contribution is 5.64. The molecule has 0 amide bonds. The predicted molar refractivity (Wildman–Crippen MR) is 88.5 cm³/mol. The summed E-state index contributed by atoms with van der Waals surface area (Å²) in [6.07, 6.45) is 0.920. The molecule has 0 aliphatic carbocycles. The van der Waals surface area contributed by atoms with Crippen molar-refractivity contribution in [2.45, 2.75) is 13.3 Å². The van der Waals surface area contributed by atoms with Crippen LogP contribution in [0.4, 0.5) is 22.9 Å². The number of nitrogens with two attached hydrogens (primary N) is 1. The fourth-order valence-electron chi connectivity index (χ4n) is 1.84. The molecular formula is C16H22N4O. The molecule has 5 nitrogen and oxygen atoms in total. The number of nitrogens with one attached hydrogen (secondary N) is 1. The number of ether oxygens (including phenoxy) is 1. The van der Waals surface area contributed by atoms with Gasteiger partial charge in [0.15, 0.2) is 0 Å². The molecule has 1 aromatic heterocycles. The van der Waals surface area contributed by atoms with Crippen LogP contribution in [-0.2, 0) is 0 Å². The second-order valence-corrected chi connectivity index (χ2v) is 5.01. The van der Waals surface area contributed by atoms with Crippen molar-refractivity contribution >= 4 is 22.9 Å². The van der Waals surface area contributed by atoms with Crippen molar-refractivity contribution in [3.05, 3.63) is 36.4 Å². The molecule has 0 unspecified atom stereocenters. The highest BCUT2D eigenvalue weighted by atomic mass is 16.5. The van der Waals surface area contributed by atoms with E-state index in [1.54, 1.807) is 6.07 Å². The van der Waals surface area contributed by atoms with E-state index < -0.39 is 0 Å². The quantitative estimate of drug-likeness (QED) is 0.853. The van der Waals surface area contributed by atoms with E-state index in [0.29, 0.717) is 24.0 Å². The first-order valence-electron chi connectivity index (χ1n) is 7.04. The summed E-state index contributed by atoms with van der Waals surface area (Å²) < 4.78 is 5.54. The van der Waals surface area contributed by atoms with Crippen LogP contribution >= 0.6 is 0 Å². The van der Waals surface area contributed by atoms with Crippen molar-refractivity contribution in [3.8, 4) is 5.88 Å². The Morgan fingerprint density at radius 1 is 1.24 bits per heavy atom. The van der Waals surface area contributed by atoms with Crippen LogP contribution in [0.3, 0.4) is 0 Å². The molecule has 0 saturated heterocycles. The third-order valence-corrected chi connectivity index (χ3v) is 2.97. The van der Waals surface area contributed by atoms with Crippen LogP contribution in [0.25, 0.3) is 0 Å². The van der Waals surface area contributed by atoms with Crippen molar-refractivity contribution in [1.29, 1.82) is 0 Å². The number of anilines is 4. The molecule has 3 N–H and O–H groups in total. The molecule has 1 heterocycles. The molecule has 0 radical (unpaired) electrons. The Morgan fingerprint density at radius 2 is 2.05 bits per heavy atom. The molecule has 112 valence electrons. The van der Waals surface area contributed by atoms with Gasteiger partial charge < -0.3 is 20.7 Å². The number of rotatable bonds is 6. The first-order chi connectivity index (χ1) is 10.1. The van der Waals surface area contributed by atoms with Crippen LogP contribution in [0, 0.1) is 0 Å². The second-order valence-electron chi connectivity index (χ2n) is 5.01. The lowest BCUT2D eigenvalue weighted by atomic mass is 10.2. The first kappa shape index (κ1) is 15.0. The summed E-state index contributed by atoms with van der Waals surface area (Å²) >= 11 is 0. The SMILES string of the molecule is CCCOc1nc(Nc2cccc(N(C)C)c2)ccc1N. The van der Waals surface area contributed by atoms with E-state index in [-0.39, 0.29) is 0 Å². The number of nitrogen functional groups attached to an aromatic ring is 1. The zero-order valence-corrected chi connectivity index (χ0v) is 12.8. The standard InChI is InChI=1S/C16H22N4O/c1-4-10-21-16-14(17)8-9-15(19-16)18-12-6-5-7-13(11-12)20(2)3/h5-9,11H,4,10,17H2,1-3H3,(H,18,19). The van der Waals surface area contributed by atoms with Crippen LogP contribution in [0.5, 0.6) is 5.88 Å². The van der Waals surface area contributed by atoms with E-state index in [1.807, 2.05) is 39.2 Å². The van der Waals surface area contributed by atoms with Gasteiger partial charge in [-0.2, -0.15) is 4.98 Å². The number of hydrogen-bond acceptors (Lipinski definition) is 5. The molecule has 5 heteroatoms. The van der Waals surface area contributed by atoms with Crippen LogP contribution < -0.4 is 20.7 Å². The maximum Gasteiger partial charge on any atom is 0.239 e. The molecule has 21 heavy (non-hydrogen) atoms. The second kappa shape index (κ2) is 6.83. The molecule has 2 rings (SSSR count). The summed E-state index contributed by atoms with van der Waals surface area (Å²) in [6, 6.07) is 11.8. The van der Waals surface area contributed by atoms with Crippen molar-refractivity contribution in [3.63, 3.8) is 0 Å². The molecule has 0 fully saturated rings. The molecule has 0 bridgehead atoms.